The molecule has 0 spiro atoms. The summed E-state index contributed by atoms with van der Waals surface area (Å²) in [6.45, 7) is 3.60. The van der Waals surface area contributed by atoms with Crippen LogP contribution in [0.5, 0.6) is 0 Å². The van der Waals surface area contributed by atoms with Crippen molar-refractivity contribution in [2.24, 2.45) is 0 Å². The van der Waals surface area contributed by atoms with Crippen molar-refractivity contribution in [3.63, 3.8) is 0 Å². The number of carbonyl (C=O) groups is 1. The summed E-state index contributed by atoms with van der Waals surface area (Å²) >= 11 is 0. The molecule has 0 aliphatic heterocycles. The molecule has 1 N–H and O–H groups in total. The fourth-order valence-corrected chi connectivity index (χ4v) is 1.64. The van der Waals surface area contributed by atoms with E-state index < -0.39 is 0 Å². The fourth-order valence-electron chi connectivity index (χ4n) is 1.64. The van der Waals surface area contributed by atoms with Crippen LogP contribution in [-0.4, -0.2) is 16.0 Å². The van der Waals surface area contributed by atoms with Crippen molar-refractivity contribution in [1.29, 1.82) is 0 Å². The summed E-state index contributed by atoms with van der Waals surface area (Å²) in [5, 5.41) is 6.30. The third-order valence-electron chi connectivity index (χ3n) is 2.62. The number of halogens is 1. The van der Waals surface area contributed by atoms with Gasteiger partial charge >= 0.3 is 0 Å². The molecule has 0 saturated carbocycles. The van der Waals surface area contributed by atoms with E-state index in [1.807, 2.05) is 0 Å². The average molecular weight is 275 g/mol. The zero-order valence-electron chi connectivity index (χ0n) is 11.2. The molecule has 0 atom stereocenters. The molecule has 0 unspecified atom stereocenters. The fraction of sp³-hybridized carbons (Fsp3) is 0.214. The Balaban J connectivity index is 1.97. The van der Waals surface area contributed by atoms with Gasteiger partial charge in [-0.2, -0.15) is 4.98 Å². The van der Waals surface area contributed by atoms with E-state index in [-0.39, 0.29) is 18.3 Å². The number of aromatic nitrogens is 2. The average Bonchev–Trinajstić information content (AvgIpc) is 2.82. The Morgan fingerprint density at radius 1 is 1.50 bits per heavy atom. The van der Waals surface area contributed by atoms with Crippen LogP contribution in [0.2, 0.25) is 0 Å². The zero-order chi connectivity index (χ0) is 14.5. The van der Waals surface area contributed by atoms with Crippen LogP contribution in [0.1, 0.15) is 24.2 Å². The lowest BCUT2D eigenvalue weighted by Crippen LogP contribution is -2.21. The highest BCUT2D eigenvalue weighted by Gasteiger charge is 2.05. The second kappa shape index (κ2) is 6.10. The van der Waals surface area contributed by atoms with Gasteiger partial charge in [-0.3, -0.25) is 4.79 Å². The Morgan fingerprint density at radius 2 is 2.30 bits per heavy atom. The molecule has 1 heterocycles. The standard InChI is InChI=1S/C14H14FN3O2/c1-9(11-4-3-5-12(15)7-11)6-14(19)16-8-13-17-10(2)20-18-13/h3-7H,8H2,1-2H3,(H,16,19)/b9-6-. The van der Waals surface area contributed by atoms with Gasteiger partial charge in [-0.25, -0.2) is 4.39 Å². The highest BCUT2D eigenvalue weighted by Crippen LogP contribution is 2.14. The van der Waals surface area contributed by atoms with Crippen LogP contribution in [0.15, 0.2) is 34.9 Å². The van der Waals surface area contributed by atoms with E-state index in [2.05, 4.69) is 15.5 Å². The van der Waals surface area contributed by atoms with Gasteiger partial charge in [-0.15, -0.1) is 0 Å². The van der Waals surface area contributed by atoms with Crippen LogP contribution in [-0.2, 0) is 11.3 Å². The lowest BCUT2D eigenvalue weighted by atomic mass is 10.1. The van der Waals surface area contributed by atoms with Gasteiger partial charge < -0.3 is 9.84 Å². The molecule has 0 saturated heterocycles. The van der Waals surface area contributed by atoms with Gasteiger partial charge in [-0.05, 0) is 30.2 Å². The molecule has 5 nitrogen and oxygen atoms in total. The van der Waals surface area contributed by atoms with E-state index in [1.165, 1.54) is 18.2 Å². The predicted octanol–water partition coefficient (Wildman–Crippen LogP) is 2.24. The summed E-state index contributed by atoms with van der Waals surface area (Å²) in [4.78, 5) is 15.7. The number of nitrogens with one attached hydrogen (secondary N) is 1. The van der Waals surface area contributed by atoms with E-state index in [0.29, 0.717) is 22.9 Å². The minimum atomic E-state index is -0.335. The summed E-state index contributed by atoms with van der Waals surface area (Å²) in [7, 11) is 0. The molecule has 2 rings (SSSR count). The first kappa shape index (κ1) is 13.9. The summed E-state index contributed by atoms with van der Waals surface area (Å²) in [6.07, 6.45) is 1.40. The smallest absolute Gasteiger partial charge is 0.244 e. The van der Waals surface area contributed by atoms with Crippen LogP contribution in [0.3, 0.4) is 0 Å². The number of benzene rings is 1. The summed E-state index contributed by atoms with van der Waals surface area (Å²) in [5.41, 5.74) is 1.34. The number of aryl methyl sites for hydroxylation is 1. The Kier molecular flexibility index (Phi) is 4.24. The van der Waals surface area contributed by atoms with Crippen LogP contribution in [0, 0.1) is 12.7 Å². The Labute approximate surface area is 115 Å². The molecule has 1 aromatic carbocycles. The molecule has 104 valence electrons. The summed E-state index contributed by atoms with van der Waals surface area (Å²) in [6, 6.07) is 6.07. The SMILES string of the molecule is C/C(=C/C(=O)NCc1noc(C)n1)c1cccc(F)c1. The quantitative estimate of drug-likeness (QED) is 0.869. The third kappa shape index (κ3) is 3.74. The topological polar surface area (TPSA) is 68.0 Å². The molecule has 2 aromatic rings. The first-order chi connectivity index (χ1) is 9.54. The molecule has 0 radical (unpaired) electrons. The van der Waals surface area contributed by atoms with Crippen molar-refractivity contribution in [2.45, 2.75) is 20.4 Å². The van der Waals surface area contributed by atoms with Crippen LogP contribution in [0.25, 0.3) is 5.57 Å². The summed E-state index contributed by atoms with van der Waals surface area (Å²) < 4.78 is 17.9. The van der Waals surface area contributed by atoms with E-state index in [0.717, 1.165) is 0 Å². The molecular weight excluding hydrogens is 261 g/mol. The second-order valence-electron chi connectivity index (χ2n) is 4.29. The highest BCUT2D eigenvalue weighted by molar-refractivity contribution is 5.94. The van der Waals surface area contributed by atoms with Crippen LogP contribution < -0.4 is 5.32 Å². The van der Waals surface area contributed by atoms with Gasteiger partial charge in [-0.1, -0.05) is 17.3 Å². The van der Waals surface area contributed by atoms with E-state index in [9.17, 15) is 9.18 Å². The lowest BCUT2D eigenvalue weighted by molar-refractivity contribution is -0.116. The highest BCUT2D eigenvalue weighted by atomic mass is 19.1. The maximum Gasteiger partial charge on any atom is 0.244 e. The van der Waals surface area contributed by atoms with Crippen LogP contribution in [0.4, 0.5) is 4.39 Å². The van der Waals surface area contributed by atoms with Crippen molar-refractivity contribution in [1.82, 2.24) is 15.5 Å². The Bertz CT molecular complexity index is 649. The maximum atomic E-state index is 13.1. The van der Waals surface area contributed by atoms with E-state index in [4.69, 9.17) is 4.52 Å². The lowest BCUT2D eigenvalue weighted by Gasteiger charge is -2.02. The number of allylic oxidation sites excluding steroid dienone is 1. The molecule has 0 aliphatic carbocycles. The number of carbonyl (C=O) groups excluding carboxylic acids is 1. The minimum absolute atomic E-state index is 0.184. The minimum Gasteiger partial charge on any atom is -0.345 e. The number of hydrogen-bond donors (Lipinski definition) is 1. The number of hydrogen-bond acceptors (Lipinski definition) is 4. The van der Waals surface area contributed by atoms with Crippen molar-refractivity contribution in [3.05, 3.63) is 53.4 Å². The van der Waals surface area contributed by atoms with Crippen molar-refractivity contribution in [2.75, 3.05) is 0 Å². The first-order valence-electron chi connectivity index (χ1n) is 6.06. The normalized spacial score (nSPS) is 11.4. The largest absolute Gasteiger partial charge is 0.345 e. The second-order valence-corrected chi connectivity index (χ2v) is 4.29. The van der Waals surface area contributed by atoms with Crippen molar-refractivity contribution in [3.8, 4) is 0 Å². The molecule has 20 heavy (non-hydrogen) atoms. The number of nitrogens with zero attached hydrogens (tertiary/aromatic N) is 2. The Morgan fingerprint density at radius 3 is 2.95 bits per heavy atom. The van der Waals surface area contributed by atoms with E-state index in [1.54, 1.807) is 26.0 Å². The van der Waals surface area contributed by atoms with E-state index >= 15 is 0 Å². The predicted molar refractivity (Wildman–Crippen MR) is 70.9 cm³/mol. The molecule has 1 aromatic heterocycles. The van der Waals surface area contributed by atoms with Gasteiger partial charge in [0.25, 0.3) is 0 Å². The first-order valence-corrected chi connectivity index (χ1v) is 6.06. The zero-order valence-corrected chi connectivity index (χ0v) is 11.2. The molecule has 1 amide bonds. The Hall–Kier alpha value is -2.50. The van der Waals surface area contributed by atoms with Crippen molar-refractivity contribution < 1.29 is 13.7 Å². The molecule has 0 bridgehead atoms. The third-order valence-corrected chi connectivity index (χ3v) is 2.62. The maximum absolute atomic E-state index is 13.1. The molecular formula is C14H14FN3O2. The van der Waals surface area contributed by atoms with Crippen molar-refractivity contribution >= 4 is 11.5 Å². The van der Waals surface area contributed by atoms with Gasteiger partial charge in [0, 0.05) is 13.0 Å². The van der Waals surface area contributed by atoms with Gasteiger partial charge in [0.05, 0.1) is 6.54 Å². The van der Waals surface area contributed by atoms with Gasteiger partial charge in [0.15, 0.2) is 5.82 Å². The number of amides is 1. The number of rotatable bonds is 4. The van der Waals surface area contributed by atoms with Gasteiger partial charge in [0.1, 0.15) is 5.82 Å². The monoisotopic (exact) mass is 275 g/mol. The molecule has 6 heteroatoms. The molecule has 0 fully saturated rings. The van der Waals surface area contributed by atoms with Gasteiger partial charge in [0.2, 0.25) is 11.8 Å². The molecule has 0 aliphatic rings. The van der Waals surface area contributed by atoms with Crippen LogP contribution >= 0.6 is 0 Å². The summed E-state index contributed by atoms with van der Waals surface area (Å²) in [5.74, 6) is 0.223.